The minimum Gasteiger partial charge on any atom is -0.497 e. The third kappa shape index (κ3) is 4.66. The van der Waals surface area contributed by atoms with Crippen molar-refractivity contribution in [1.82, 2.24) is 15.2 Å². The predicted molar refractivity (Wildman–Crippen MR) is 114 cm³/mol. The summed E-state index contributed by atoms with van der Waals surface area (Å²) in [6.07, 6.45) is 0.682. The average molecular weight is 421 g/mol. The van der Waals surface area contributed by atoms with Crippen molar-refractivity contribution in [2.24, 2.45) is 5.92 Å². The van der Waals surface area contributed by atoms with Crippen LogP contribution in [0.4, 0.5) is 11.6 Å². The van der Waals surface area contributed by atoms with Crippen molar-refractivity contribution in [2.45, 2.75) is 12.8 Å². The molecule has 0 saturated carbocycles. The Morgan fingerprint density at radius 3 is 2.39 bits per heavy atom. The van der Waals surface area contributed by atoms with Crippen molar-refractivity contribution in [3.63, 3.8) is 0 Å². The van der Waals surface area contributed by atoms with Crippen LogP contribution in [0, 0.1) is 5.92 Å². The minimum atomic E-state index is -0.474. The second kappa shape index (κ2) is 8.86. The number of H-pyrrole nitrogens is 1. The van der Waals surface area contributed by atoms with Gasteiger partial charge in [-0.2, -0.15) is 4.98 Å². The van der Waals surface area contributed by atoms with Crippen LogP contribution in [-0.2, 0) is 16.0 Å². The van der Waals surface area contributed by atoms with Crippen molar-refractivity contribution in [1.29, 1.82) is 0 Å². The van der Waals surface area contributed by atoms with E-state index in [0.717, 1.165) is 17.0 Å². The van der Waals surface area contributed by atoms with Crippen LogP contribution < -0.4 is 19.7 Å². The lowest BCUT2D eigenvalue weighted by Gasteiger charge is -2.16. The number of nitrogens with one attached hydrogen (secondary N) is 2. The second-order valence-corrected chi connectivity index (χ2v) is 7.22. The molecule has 0 aliphatic carbocycles. The number of amides is 2. The Bertz CT molecular complexity index is 1060. The first-order chi connectivity index (χ1) is 15.1. The zero-order valence-electron chi connectivity index (χ0n) is 17.3. The summed E-state index contributed by atoms with van der Waals surface area (Å²) < 4.78 is 10.3. The van der Waals surface area contributed by atoms with Gasteiger partial charge >= 0.3 is 0 Å². The Morgan fingerprint density at radius 1 is 1.10 bits per heavy atom. The van der Waals surface area contributed by atoms with Gasteiger partial charge in [-0.25, -0.2) is 0 Å². The summed E-state index contributed by atoms with van der Waals surface area (Å²) in [5.41, 5.74) is 1.77. The SMILES string of the molecule is COc1ccc(Cc2nc(NC(=O)[C@@H]3CC(=O)N(c4ccc(OC)cc4)C3)n[nH]2)cc1. The van der Waals surface area contributed by atoms with Crippen LogP contribution in [0.15, 0.2) is 48.5 Å². The highest BCUT2D eigenvalue weighted by molar-refractivity contribution is 6.03. The number of benzene rings is 2. The Hall–Kier alpha value is -3.88. The van der Waals surface area contributed by atoms with Crippen molar-refractivity contribution < 1.29 is 19.1 Å². The summed E-state index contributed by atoms with van der Waals surface area (Å²) in [5, 5.41) is 9.61. The molecule has 1 saturated heterocycles. The zero-order chi connectivity index (χ0) is 21.8. The van der Waals surface area contributed by atoms with E-state index in [1.807, 2.05) is 24.3 Å². The molecule has 9 heteroatoms. The van der Waals surface area contributed by atoms with Crippen LogP contribution in [0.25, 0.3) is 0 Å². The molecule has 0 bridgehead atoms. The van der Waals surface area contributed by atoms with Gasteiger partial charge in [0.2, 0.25) is 17.8 Å². The summed E-state index contributed by atoms with van der Waals surface area (Å²) in [6, 6.07) is 14.8. The number of hydrogen-bond acceptors (Lipinski definition) is 6. The molecule has 1 aliphatic heterocycles. The van der Waals surface area contributed by atoms with Crippen LogP contribution in [0.2, 0.25) is 0 Å². The third-order valence-corrected chi connectivity index (χ3v) is 5.18. The van der Waals surface area contributed by atoms with Crippen LogP contribution in [-0.4, -0.2) is 47.8 Å². The van der Waals surface area contributed by atoms with Crippen LogP contribution in [0.5, 0.6) is 11.5 Å². The van der Waals surface area contributed by atoms with Crippen LogP contribution >= 0.6 is 0 Å². The van der Waals surface area contributed by atoms with Gasteiger partial charge in [0.25, 0.3) is 0 Å². The number of ether oxygens (including phenoxy) is 2. The smallest absolute Gasteiger partial charge is 0.248 e. The Labute approximate surface area is 179 Å². The number of hydrogen-bond donors (Lipinski definition) is 2. The molecule has 1 aromatic heterocycles. The zero-order valence-corrected chi connectivity index (χ0v) is 17.3. The predicted octanol–water partition coefficient (Wildman–Crippen LogP) is 2.40. The van der Waals surface area contributed by atoms with E-state index in [-0.39, 0.29) is 24.2 Å². The second-order valence-electron chi connectivity index (χ2n) is 7.22. The standard InChI is InChI=1S/C22H23N5O4/c1-30-17-7-3-14(4-8-17)11-19-23-22(26-25-19)24-21(29)15-12-20(28)27(13-15)16-5-9-18(31-2)10-6-16/h3-10,15H,11-13H2,1-2H3,(H2,23,24,25,26,29)/t15-/m1/s1. The molecule has 4 rings (SSSR count). The molecule has 31 heavy (non-hydrogen) atoms. The number of aromatic amines is 1. The quantitative estimate of drug-likeness (QED) is 0.606. The minimum absolute atomic E-state index is 0.0968. The fraction of sp³-hybridized carbons (Fsp3) is 0.273. The van der Waals surface area contributed by atoms with E-state index in [1.165, 1.54) is 0 Å². The third-order valence-electron chi connectivity index (χ3n) is 5.18. The van der Waals surface area contributed by atoms with E-state index in [1.54, 1.807) is 43.4 Å². The van der Waals surface area contributed by atoms with Gasteiger partial charge in [0.15, 0.2) is 0 Å². The number of carbonyl (C=O) groups excluding carboxylic acids is 2. The number of anilines is 2. The molecule has 1 fully saturated rings. The first-order valence-corrected chi connectivity index (χ1v) is 9.85. The van der Waals surface area contributed by atoms with E-state index in [4.69, 9.17) is 9.47 Å². The number of nitrogens with zero attached hydrogens (tertiary/aromatic N) is 3. The van der Waals surface area contributed by atoms with E-state index in [2.05, 4.69) is 20.5 Å². The van der Waals surface area contributed by atoms with Gasteiger partial charge in [-0.15, -0.1) is 5.10 Å². The molecule has 9 nitrogen and oxygen atoms in total. The van der Waals surface area contributed by atoms with Crippen molar-refractivity contribution in [3.05, 3.63) is 59.9 Å². The highest BCUT2D eigenvalue weighted by atomic mass is 16.5. The molecule has 1 aliphatic rings. The van der Waals surface area contributed by atoms with Crippen molar-refractivity contribution in [3.8, 4) is 11.5 Å². The molecule has 0 unspecified atom stereocenters. The lowest BCUT2D eigenvalue weighted by atomic mass is 10.1. The summed E-state index contributed by atoms with van der Waals surface area (Å²) in [6.45, 7) is 0.306. The average Bonchev–Trinajstić information content (AvgIpc) is 3.40. The molecule has 0 spiro atoms. The van der Waals surface area contributed by atoms with Crippen LogP contribution in [0.1, 0.15) is 17.8 Å². The van der Waals surface area contributed by atoms with Gasteiger partial charge in [-0.3, -0.25) is 20.0 Å². The molecule has 1 atom stereocenters. The highest BCUT2D eigenvalue weighted by Gasteiger charge is 2.35. The van der Waals surface area contributed by atoms with Crippen molar-refractivity contribution in [2.75, 3.05) is 31.0 Å². The lowest BCUT2D eigenvalue weighted by molar-refractivity contribution is -0.122. The first-order valence-electron chi connectivity index (χ1n) is 9.85. The molecule has 2 heterocycles. The molecular formula is C22H23N5O4. The Balaban J connectivity index is 1.35. The van der Waals surface area contributed by atoms with E-state index in [0.29, 0.717) is 24.5 Å². The number of methoxy groups -OCH3 is 2. The summed E-state index contributed by atoms with van der Waals surface area (Å²) in [4.78, 5) is 31.0. The molecule has 3 aromatic rings. The topological polar surface area (TPSA) is 109 Å². The van der Waals surface area contributed by atoms with Gasteiger partial charge in [0.1, 0.15) is 17.3 Å². The molecule has 0 radical (unpaired) electrons. The first kappa shape index (κ1) is 20.4. The molecular weight excluding hydrogens is 398 g/mol. The van der Waals surface area contributed by atoms with Gasteiger partial charge < -0.3 is 14.4 Å². The molecule has 2 amide bonds. The number of carbonyl (C=O) groups is 2. The lowest BCUT2D eigenvalue weighted by Crippen LogP contribution is -2.28. The fourth-order valence-electron chi connectivity index (χ4n) is 3.47. The number of rotatable bonds is 7. The maximum Gasteiger partial charge on any atom is 0.248 e. The molecule has 2 aromatic carbocycles. The fourth-order valence-corrected chi connectivity index (χ4v) is 3.47. The monoisotopic (exact) mass is 421 g/mol. The van der Waals surface area contributed by atoms with E-state index in [9.17, 15) is 9.59 Å². The van der Waals surface area contributed by atoms with Gasteiger partial charge in [0.05, 0.1) is 20.1 Å². The summed E-state index contributed by atoms with van der Waals surface area (Å²) in [7, 11) is 3.20. The summed E-state index contributed by atoms with van der Waals surface area (Å²) in [5.74, 6) is 1.47. The van der Waals surface area contributed by atoms with Gasteiger partial charge in [-0.05, 0) is 42.0 Å². The van der Waals surface area contributed by atoms with Crippen molar-refractivity contribution >= 4 is 23.5 Å². The Kier molecular flexibility index (Phi) is 5.83. The van der Waals surface area contributed by atoms with E-state index < -0.39 is 5.92 Å². The molecule has 2 N–H and O–H groups in total. The van der Waals surface area contributed by atoms with Crippen LogP contribution in [0.3, 0.4) is 0 Å². The maximum atomic E-state index is 12.7. The normalized spacial score (nSPS) is 15.7. The number of aromatic nitrogens is 3. The highest BCUT2D eigenvalue weighted by Crippen LogP contribution is 2.27. The van der Waals surface area contributed by atoms with E-state index >= 15 is 0 Å². The summed E-state index contributed by atoms with van der Waals surface area (Å²) >= 11 is 0. The van der Waals surface area contributed by atoms with Gasteiger partial charge in [0, 0.05) is 25.1 Å². The maximum absolute atomic E-state index is 12.7. The molecule has 160 valence electrons. The van der Waals surface area contributed by atoms with Gasteiger partial charge in [-0.1, -0.05) is 12.1 Å². The largest absolute Gasteiger partial charge is 0.497 e. The Morgan fingerprint density at radius 2 is 1.74 bits per heavy atom.